The molecule has 2 heterocycles. The molecule has 0 N–H and O–H groups in total. The van der Waals surface area contributed by atoms with Gasteiger partial charge in [0.05, 0.1) is 12.2 Å². The quantitative estimate of drug-likeness (QED) is 0.666. The van der Waals surface area contributed by atoms with Gasteiger partial charge in [-0.15, -0.1) is 0 Å². The van der Waals surface area contributed by atoms with Gasteiger partial charge in [-0.25, -0.2) is 4.98 Å². The fourth-order valence-electron chi connectivity index (χ4n) is 3.82. The molecular weight excluding hydrogens is 348 g/mol. The minimum Gasteiger partial charge on any atom is -0.339 e. The average molecular weight is 374 g/mol. The predicted molar refractivity (Wildman–Crippen MR) is 110 cm³/mol. The highest BCUT2D eigenvalue weighted by Crippen LogP contribution is 2.27. The number of carbonyl (C=O) groups is 1. The average Bonchev–Trinajstić information content (AvgIpc) is 3.28. The number of aromatic nitrogens is 2. The minimum absolute atomic E-state index is 0.201. The molecule has 0 atom stereocenters. The zero-order chi connectivity index (χ0) is 19.2. The number of hydrogen-bond donors (Lipinski definition) is 0. The summed E-state index contributed by atoms with van der Waals surface area (Å²) in [6.45, 7) is 5.30. The number of nitrogens with zero attached hydrogens (tertiary/aromatic N) is 4. The Labute approximate surface area is 166 Å². The molecule has 1 aliphatic rings. The van der Waals surface area contributed by atoms with E-state index in [4.69, 9.17) is 0 Å². The third-order valence-electron chi connectivity index (χ3n) is 5.43. The second kappa shape index (κ2) is 8.85. The Balaban J connectivity index is 1.42. The summed E-state index contributed by atoms with van der Waals surface area (Å²) in [5.41, 5.74) is 2.11. The van der Waals surface area contributed by atoms with E-state index in [2.05, 4.69) is 38.7 Å². The topological polar surface area (TPSA) is 41.4 Å². The standard InChI is InChI=1S/C23H26N4O/c28-23(22(20-7-3-1-4-8-20)21-9-5-2-6-10-21)27-17-15-25(16-18-27)13-14-26-12-11-24-19-26/h1-12,19,22H,13-18H2. The zero-order valence-corrected chi connectivity index (χ0v) is 16.0. The molecule has 3 aromatic rings. The molecule has 2 aromatic carbocycles. The van der Waals surface area contributed by atoms with Crippen molar-refractivity contribution in [1.82, 2.24) is 19.4 Å². The summed E-state index contributed by atoms with van der Waals surface area (Å²) in [6, 6.07) is 20.2. The van der Waals surface area contributed by atoms with Crippen LogP contribution >= 0.6 is 0 Å². The first kappa shape index (κ1) is 18.4. The highest BCUT2D eigenvalue weighted by molar-refractivity contribution is 5.87. The van der Waals surface area contributed by atoms with Crippen LogP contribution < -0.4 is 0 Å². The summed E-state index contributed by atoms with van der Waals surface area (Å²) in [7, 11) is 0. The van der Waals surface area contributed by atoms with E-state index < -0.39 is 0 Å². The van der Waals surface area contributed by atoms with Crippen molar-refractivity contribution in [2.75, 3.05) is 32.7 Å². The van der Waals surface area contributed by atoms with E-state index in [9.17, 15) is 4.79 Å². The van der Waals surface area contributed by atoms with Crippen LogP contribution in [0.2, 0.25) is 0 Å². The molecule has 1 aliphatic heterocycles. The molecule has 1 aromatic heterocycles. The Kier molecular flexibility index (Phi) is 5.83. The Morgan fingerprint density at radius 1 is 0.857 bits per heavy atom. The van der Waals surface area contributed by atoms with Gasteiger partial charge in [-0.2, -0.15) is 0 Å². The lowest BCUT2D eigenvalue weighted by atomic mass is 9.90. The maximum atomic E-state index is 13.4. The molecular formula is C23H26N4O. The monoisotopic (exact) mass is 374 g/mol. The molecule has 0 unspecified atom stereocenters. The van der Waals surface area contributed by atoms with Gasteiger partial charge in [-0.1, -0.05) is 60.7 Å². The van der Waals surface area contributed by atoms with Crippen LogP contribution in [0.15, 0.2) is 79.4 Å². The highest BCUT2D eigenvalue weighted by atomic mass is 16.2. The van der Waals surface area contributed by atoms with Crippen molar-refractivity contribution in [2.24, 2.45) is 0 Å². The van der Waals surface area contributed by atoms with Crippen molar-refractivity contribution < 1.29 is 4.79 Å². The number of imidazole rings is 1. The second-order valence-corrected chi connectivity index (χ2v) is 7.22. The molecule has 0 radical (unpaired) electrons. The predicted octanol–water partition coefficient (Wildman–Crippen LogP) is 2.86. The molecule has 1 saturated heterocycles. The fraction of sp³-hybridized carbons (Fsp3) is 0.304. The summed E-state index contributed by atoms with van der Waals surface area (Å²) in [5.74, 6) is -0.0356. The second-order valence-electron chi connectivity index (χ2n) is 7.22. The van der Waals surface area contributed by atoms with Gasteiger partial charge in [0.15, 0.2) is 0 Å². The SMILES string of the molecule is O=C(C(c1ccccc1)c1ccccc1)N1CCN(CCn2ccnc2)CC1. The Morgan fingerprint density at radius 2 is 1.46 bits per heavy atom. The summed E-state index contributed by atoms with van der Waals surface area (Å²) in [6.07, 6.45) is 5.65. The lowest BCUT2D eigenvalue weighted by molar-refractivity contribution is -0.133. The molecule has 5 nitrogen and oxygen atoms in total. The van der Waals surface area contributed by atoms with Crippen LogP contribution in [-0.4, -0.2) is 58.0 Å². The van der Waals surface area contributed by atoms with Crippen molar-refractivity contribution in [2.45, 2.75) is 12.5 Å². The third-order valence-corrected chi connectivity index (χ3v) is 5.43. The van der Waals surface area contributed by atoms with Gasteiger partial charge in [0.2, 0.25) is 5.91 Å². The van der Waals surface area contributed by atoms with Gasteiger partial charge < -0.3 is 9.47 Å². The summed E-state index contributed by atoms with van der Waals surface area (Å²) in [5, 5.41) is 0. The largest absolute Gasteiger partial charge is 0.339 e. The van der Waals surface area contributed by atoms with Gasteiger partial charge in [0.1, 0.15) is 0 Å². The first-order valence-electron chi connectivity index (χ1n) is 9.88. The maximum absolute atomic E-state index is 13.4. The van der Waals surface area contributed by atoms with E-state index in [1.165, 1.54) is 0 Å². The number of benzene rings is 2. The molecule has 144 valence electrons. The molecule has 0 spiro atoms. The van der Waals surface area contributed by atoms with Crippen LogP contribution in [0.3, 0.4) is 0 Å². The van der Waals surface area contributed by atoms with Crippen molar-refractivity contribution in [3.8, 4) is 0 Å². The summed E-state index contributed by atoms with van der Waals surface area (Å²) >= 11 is 0. The van der Waals surface area contributed by atoms with Gasteiger partial charge in [-0.3, -0.25) is 9.69 Å². The van der Waals surface area contributed by atoms with Crippen LogP contribution in [0.1, 0.15) is 17.0 Å². The van der Waals surface area contributed by atoms with Gasteiger partial charge >= 0.3 is 0 Å². The normalized spacial score (nSPS) is 15.1. The zero-order valence-electron chi connectivity index (χ0n) is 16.0. The van der Waals surface area contributed by atoms with Crippen LogP contribution in [0.25, 0.3) is 0 Å². The van der Waals surface area contributed by atoms with Crippen LogP contribution in [-0.2, 0) is 11.3 Å². The van der Waals surface area contributed by atoms with Crippen molar-refractivity contribution in [3.63, 3.8) is 0 Å². The van der Waals surface area contributed by atoms with Gasteiger partial charge in [0, 0.05) is 51.7 Å². The first-order valence-corrected chi connectivity index (χ1v) is 9.88. The van der Waals surface area contributed by atoms with E-state index >= 15 is 0 Å². The third kappa shape index (κ3) is 4.31. The number of hydrogen-bond acceptors (Lipinski definition) is 3. The number of rotatable bonds is 6. The maximum Gasteiger partial charge on any atom is 0.234 e. The summed E-state index contributed by atoms with van der Waals surface area (Å²) in [4.78, 5) is 22.0. The van der Waals surface area contributed by atoms with E-state index in [1.807, 2.05) is 60.0 Å². The molecule has 28 heavy (non-hydrogen) atoms. The molecule has 4 rings (SSSR count). The Morgan fingerprint density at radius 3 is 2.00 bits per heavy atom. The van der Waals surface area contributed by atoms with Crippen LogP contribution in [0, 0.1) is 0 Å². The smallest absolute Gasteiger partial charge is 0.234 e. The van der Waals surface area contributed by atoms with Crippen molar-refractivity contribution in [3.05, 3.63) is 90.5 Å². The number of piperazine rings is 1. The minimum atomic E-state index is -0.236. The molecule has 5 heteroatoms. The lowest BCUT2D eigenvalue weighted by Crippen LogP contribution is -2.50. The van der Waals surface area contributed by atoms with Crippen molar-refractivity contribution in [1.29, 1.82) is 0 Å². The Bertz CT molecular complexity index is 817. The van der Waals surface area contributed by atoms with Gasteiger partial charge in [-0.05, 0) is 11.1 Å². The van der Waals surface area contributed by atoms with E-state index in [1.54, 1.807) is 0 Å². The molecule has 1 amide bonds. The molecule has 0 bridgehead atoms. The molecule has 0 aliphatic carbocycles. The van der Waals surface area contributed by atoms with E-state index in [0.717, 1.165) is 50.4 Å². The van der Waals surface area contributed by atoms with Crippen LogP contribution in [0.4, 0.5) is 0 Å². The van der Waals surface area contributed by atoms with Crippen LogP contribution in [0.5, 0.6) is 0 Å². The highest BCUT2D eigenvalue weighted by Gasteiger charge is 2.29. The van der Waals surface area contributed by atoms with Crippen molar-refractivity contribution >= 4 is 5.91 Å². The van der Waals surface area contributed by atoms with E-state index in [-0.39, 0.29) is 11.8 Å². The number of carbonyl (C=O) groups excluding carboxylic acids is 1. The number of amides is 1. The molecule has 1 fully saturated rings. The Hall–Kier alpha value is -2.92. The van der Waals surface area contributed by atoms with Gasteiger partial charge in [0.25, 0.3) is 0 Å². The first-order chi connectivity index (χ1) is 13.8. The summed E-state index contributed by atoms with van der Waals surface area (Å²) < 4.78 is 2.10. The fourth-order valence-corrected chi connectivity index (χ4v) is 3.82. The lowest BCUT2D eigenvalue weighted by Gasteiger charge is -2.36. The molecule has 0 saturated carbocycles. The van der Waals surface area contributed by atoms with E-state index in [0.29, 0.717) is 0 Å².